The van der Waals surface area contributed by atoms with E-state index in [9.17, 15) is 45.3 Å². The molecule has 0 spiro atoms. The minimum atomic E-state index is -3.04. The highest BCUT2D eigenvalue weighted by atomic mass is 16.5. The topological polar surface area (TPSA) is 185 Å². The van der Waals surface area contributed by atoms with Crippen LogP contribution in [-0.4, -0.2) is 72.7 Å². The summed E-state index contributed by atoms with van der Waals surface area (Å²) >= 11 is 0. The van der Waals surface area contributed by atoms with Crippen molar-refractivity contribution in [3.05, 3.63) is 53.6 Å². The number of carbonyl (C=O) groups is 2. The Morgan fingerprint density at radius 3 is 1.97 bits per heavy atom. The molecule has 2 rings (SSSR count). The molecule has 170 valence electrons. The van der Waals surface area contributed by atoms with Crippen LogP contribution in [-0.2, 0) is 9.59 Å². The van der Waals surface area contributed by atoms with E-state index in [0.717, 1.165) is 24.3 Å². The number of benzene rings is 2. The van der Waals surface area contributed by atoms with Crippen molar-refractivity contribution >= 4 is 23.7 Å². The highest BCUT2D eigenvalue weighted by Gasteiger charge is 2.47. The largest absolute Gasteiger partial charge is 0.504 e. The number of aromatic hydroxyl groups is 4. The van der Waals surface area contributed by atoms with Crippen LogP contribution in [0, 0.1) is 0 Å². The second-order valence-electron chi connectivity index (χ2n) is 6.70. The standard InChI is InChI=1S/C22H22O10/c1-32-17-10-12(2-5-14(17)24)3-6-18(27)22(31,20(29)11-23)19(28)7-4-13-8-15(25)21(30)16(26)9-13/h2-10,20,23-26,29-31H,11H2,1H3. The maximum Gasteiger partial charge on any atom is 0.217 e. The van der Waals surface area contributed by atoms with Crippen molar-refractivity contribution in [1.82, 2.24) is 0 Å². The van der Waals surface area contributed by atoms with Crippen LogP contribution in [0.2, 0.25) is 0 Å². The van der Waals surface area contributed by atoms with Crippen LogP contribution in [0.3, 0.4) is 0 Å². The van der Waals surface area contributed by atoms with Gasteiger partial charge in [0.15, 0.2) is 40.3 Å². The third kappa shape index (κ3) is 5.06. The first kappa shape index (κ1) is 24.4. The van der Waals surface area contributed by atoms with Gasteiger partial charge in [0.25, 0.3) is 0 Å². The Morgan fingerprint density at radius 1 is 0.938 bits per heavy atom. The molecule has 2 aromatic rings. The van der Waals surface area contributed by atoms with Gasteiger partial charge in [-0.1, -0.05) is 18.2 Å². The number of aliphatic hydroxyl groups is 3. The summed E-state index contributed by atoms with van der Waals surface area (Å²) < 4.78 is 4.95. The molecule has 0 saturated heterocycles. The average molecular weight is 446 g/mol. The number of ketones is 2. The first-order valence-corrected chi connectivity index (χ1v) is 9.12. The van der Waals surface area contributed by atoms with E-state index in [0.29, 0.717) is 11.6 Å². The van der Waals surface area contributed by atoms with E-state index in [1.165, 1.54) is 31.4 Å². The van der Waals surface area contributed by atoms with E-state index in [-0.39, 0.29) is 17.1 Å². The van der Waals surface area contributed by atoms with Crippen molar-refractivity contribution < 1.29 is 50.1 Å². The molecule has 10 nitrogen and oxygen atoms in total. The Hall–Kier alpha value is -3.86. The molecule has 0 amide bonds. The van der Waals surface area contributed by atoms with E-state index in [2.05, 4.69) is 0 Å². The summed E-state index contributed by atoms with van der Waals surface area (Å²) in [7, 11) is 1.32. The lowest BCUT2D eigenvalue weighted by molar-refractivity contribution is -0.159. The number of hydrogen-bond acceptors (Lipinski definition) is 10. The summed E-state index contributed by atoms with van der Waals surface area (Å²) in [5.74, 6) is -4.68. The van der Waals surface area contributed by atoms with Gasteiger partial charge in [0.05, 0.1) is 13.7 Å². The predicted molar refractivity (Wildman–Crippen MR) is 112 cm³/mol. The zero-order chi connectivity index (χ0) is 24.1. The molecule has 0 aliphatic carbocycles. The smallest absolute Gasteiger partial charge is 0.217 e. The van der Waals surface area contributed by atoms with Gasteiger partial charge >= 0.3 is 0 Å². The number of rotatable bonds is 9. The number of phenols is 4. The highest BCUT2D eigenvalue weighted by molar-refractivity contribution is 6.20. The van der Waals surface area contributed by atoms with Crippen LogP contribution in [0.25, 0.3) is 12.2 Å². The summed E-state index contributed by atoms with van der Waals surface area (Å²) in [6.07, 6.45) is 1.58. The molecule has 10 heteroatoms. The minimum absolute atomic E-state index is 0.0335. The Kier molecular flexibility index (Phi) is 7.60. The van der Waals surface area contributed by atoms with Crippen molar-refractivity contribution in [2.45, 2.75) is 11.7 Å². The molecule has 2 unspecified atom stereocenters. The molecule has 2 atom stereocenters. The van der Waals surface area contributed by atoms with Crippen molar-refractivity contribution in [3.8, 4) is 28.7 Å². The molecule has 0 aliphatic rings. The van der Waals surface area contributed by atoms with E-state index >= 15 is 0 Å². The molecule has 0 radical (unpaired) electrons. The van der Waals surface area contributed by atoms with Gasteiger partial charge in [-0.3, -0.25) is 9.59 Å². The number of carbonyl (C=O) groups excluding carboxylic acids is 2. The van der Waals surface area contributed by atoms with Crippen molar-refractivity contribution in [2.75, 3.05) is 13.7 Å². The van der Waals surface area contributed by atoms with Crippen molar-refractivity contribution in [1.29, 1.82) is 0 Å². The zero-order valence-corrected chi connectivity index (χ0v) is 16.8. The molecule has 32 heavy (non-hydrogen) atoms. The van der Waals surface area contributed by atoms with Crippen molar-refractivity contribution in [2.24, 2.45) is 0 Å². The first-order chi connectivity index (χ1) is 15.0. The number of ether oxygens (including phenoxy) is 1. The van der Waals surface area contributed by atoms with Crippen molar-refractivity contribution in [3.63, 3.8) is 0 Å². The number of methoxy groups -OCH3 is 1. The monoisotopic (exact) mass is 446 g/mol. The second-order valence-corrected chi connectivity index (χ2v) is 6.70. The quantitative estimate of drug-likeness (QED) is 0.162. The Labute approximate surface area is 182 Å². The van der Waals surface area contributed by atoms with E-state index in [4.69, 9.17) is 4.74 Å². The SMILES string of the molecule is COc1cc(C=CC(=O)C(O)(C(=O)C=Cc2cc(O)c(O)c(O)c2)C(O)CO)ccc1O. The first-order valence-electron chi connectivity index (χ1n) is 9.12. The summed E-state index contributed by atoms with van der Waals surface area (Å²) in [4.78, 5) is 25.2. The molecule has 7 N–H and O–H groups in total. The van der Waals surface area contributed by atoms with Gasteiger partial charge < -0.3 is 40.5 Å². The molecule has 0 aliphatic heterocycles. The lowest BCUT2D eigenvalue weighted by Crippen LogP contribution is -2.56. The summed E-state index contributed by atoms with van der Waals surface area (Å²) in [5.41, 5.74) is -2.64. The fraction of sp³-hybridized carbons (Fsp3) is 0.182. The molecule has 0 fully saturated rings. The second kappa shape index (κ2) is 9.96. The third-order valence-corrected chi connectivity index (χ3v) is 4.56. The van der Waals surface area contributed by atoms with E-state index in [1.54, 1.807) is 0 Å². The van der Waals surface area contributed by atoms with Gasteiger partial charge in [-0.15, -0.1) is 0 Å². The lowest BCUT2D eigenvalue weighted by atomic mass is 9.86. The van der Waals surface area contributed by atoms with Gasteiger partial charge in [-0.05, 0) is 47.5 Å². The van der Waals surface area contributed by atoms with Crippen LogP contribution >= 0.6 is 0 Å². The maximum absolute atomic E-state index is 12.6. The van der Waals surface area contributed by atoms with Gasteiger partial charge in [0, 0.05) is 0 Å². The molecule has 0 heterocycles. The van der Waals surface area contributed by atoms with E-state index in [1.807, 2.05) is 0 Å². The molecular weight excluding hydrogens is 424 g/mol. The molecule has 0 aromatic heterocycles. The lowest BCUT2D eigenvalue weighted by Gasteiger charge is -2.26. The number of aliphatic hydroxyl groups excluding tert-OH is 2. The van der Waals surface area contributed by atoms with Gasteiger partial charge in [0.2, 0.25) is 5.60 Å². The van der Waals surface area contributed by atoms with Crippen LogP contribution in [0.5, 0.6) is 28.7 Å². The fourth-order valence-electron chi connectivity index (χ4n) is 2.70. The normalized spacial score (nSPS) is 14.4. The third-order valence-electron chi connectivity index (χ3n) is 4.56. The zero-order valence-electron chi connectivity index (χ0n) is 16.8. The molecular formula is C22H22O10. The van der Waals surface area contributed by atoms with Gasteiger partial charge in [-0.2, -0.15) is 0 Å². The maximum atomic E-state index is 12.6. The average Bonchev–Trinajstić information content (AvgIpc) is 2.78. The fourth-order valence-corrected chi connectivity index (χ4v) is 2.70. The predicted octanol–water partition coefficient (Wildman–Crippen LogP) is 0.467. The Bertz CT molecular complexity index is 1050. The minimum Gasteiger partial charge on any atom is -0.504 e. The highest BCUT2D eigenvalue weighted by Crippen LogP contribution is 2.35. The van der Waals surface area contributed by atoms with Gasteiger partial charge in [-0.25, -0.2) is 0 Å². The molecule has 2 aromatic carbocycles. The number of hydrogen-bond donors (Lipinski definition) is 7. The molecule has 0 saturated carbocycles. The summed E-state index contributed by atoms with van der Waals surface area (Å²) in [6.45, 7) is -1.11. The van der Waals surface area contributed by atoms with Crippen LogP contribution in [0.1, 0.15) is 11.1 Å². The summed E-state index contributed by atoms with van der Waals surface area (Å²) in [5, 5.41) is 67.9. The van der Waals surface area contributed by atoms with Crippen LogP contribution in [0.15, 0.2) is 42.5 Å². The summed E-state index contributed by atoms with van der Waals surface area (Å²) in [6, 6.07) is 6.11. The van der Waals surface area contributed by atoms with Crippen LogP contribution in [0.4, 0.5) is 0 Å². The van der Waals surface area contributed by atoms with Crippen LogP contribution < -0.4 is 4.74 Å². The molecule has 0 bridgehead atoms. The number of phenolic OH excluding ortho intramolecular Hbond substituents is 4. The van der Waals surface area contributed by atoms with E-state index < -0.39 is 47.1 Å². The Morgan fingerprint density at radius 2 is 1.47 bits per heavy atom. The Balaban J connectivity index is 2.33. The van der Waals surface area contributed by atoms with Gasteiger partial charge in [0.1, 0.15) is 6.10 Å².